The van der Waals surface area contributed by atoms with Crippen molar-refractivity contribution in [2.24, 2.45) is 0 Å². The third-order valence-corrected chi connectivity index (χ3v) is 4.70. The lowest BCUT2D eigenvalue weighted by molar-refractivity contribution is 0.171. The molecule has 0 radical (unpaired) electrons. The van der Waals surface area contributed by atoms with Crippen molar-refractivity contribution in [2.75, 3.05) is 13.2 Å². The van der Waals surface area contributed by atoms with Crippen LogP contribution in [0, 0.1) is 0 Å². The molecule has 0 unspecified atom stereocenters. The SMILES string of the molecule is CCc1cc2c(=O)c(-c3ccc4c(c3)OCCO4)c(CC)oc2cc1O. The average Bonchev–Trinajstić information content (AvgIpc) is 2.67. The van der Waals surface area contributed by atoms with Crippen LogP contribution >= 0.6 is 0 Å². The minimum absolute atomic E-state index is 0.102. The molecule has 0 spiro atoms. The van der Waals surface area contributed by atoms with Crippen LogP contribution in [0.2, 0.25) is 0 Å². The number of hydrogen-bond donors (Lipinski definition) is 1. The largest absolute Gasteiger partial charge is 0.508 e. The second-order valence-electron chi connectivity index (χ2n) is 6.27. The van der Waals surface area contributed by atoms with Gasteiger partial charge in [0.05, 0.1) is 10.9 Å². The van der Waals surface area contributed by atoms with Crippen LogP contribution in [0.25, 0.3) is 22.1 Å². The van der Waals surface area contributed by atoms with E-state index in [1.807, 2.05) is 32.0 Å². The average molecular weight is 352 g/mol. The smallest absolute Gasteiger partial charge is 0.200 e. The second-order valence-corrected chi connectivity index (χ2v) is 6.27. The maximum absolute atomic E-state index is 13.2. The van der Waals surface area contributed by atoms with E-state index in [4.69, 9.17) is 13.9 Å². The molecule has 0 aliphatic carbocycles. The number of phenolic OH excluding ortho intramolecular Hbond substituents is 1. The summed E-state index contributed by atoms with van der Waals surface area (Å²) in [6, 6.07) is 8.75. The van der Waals surface area contributed by atoms with Crippen molar-refractivity contribution >= 4 is 11.0 Å². The van der Waals surface area contributed by atoms with Crippen molar-refractivity contribution < 1.29 is 19.0 Å². The monoisotopic (exact) mass is 352 g/mol. The number of rotatable bonds is 3. The standard InChI is InChI=1S/C21H20O5/c1-3-12-9-14-18(11-15(12)22)26-16(4-2)20(21(14)23)13-5-6-17-19(10-13)25-8-7-24-17/h5-6,9-11,22H,3-4,7-8H2,1-2H3. The summed E-state index contributed by atoms with van der Waals surface area (Å²) in [5, 5.41) is 10.6. The summed E-state index contributed by atoms with van der Waals surface area (Å²) in [7, 11) is 0. The summed E-state index contributed by atoms with van der Waals surface area (Å²) in [6.45, 7) is 4.88. The summed E-state index contributed by atoms with van der Waals surface area (Å²) in [5.41, 5.74) is 2.30. The van der Waals surface area contributed by atoms with Crippen molar-refractivity contribution in [3.8, 4) is 28.4 Å². The molecule has 0 saturated carbocycles. The molecular formula is C21H20O5. The Hall–Kier alpha value is -2.95. The summed E-state index contributed by atoms with van der Waals surface area (Å²) < 4.78 is 17.2. The molecule has 4 rings (SSSR count). The first-order chi connectivity index (χ1) is 12.6. The zero-order valence-corrected chi connectivity index (χ0v) is 14.8. The van der Waals surface area contributed by atoms with Crippen LogP contribution in [-0.2, 0) is 12.8 Å². The minimum Gasteiger partial charge on any atom is -0.508 e. The molecule has 5 heteroatoms. The lowest BCUT2D eigenvalue weighted by Crippen LogP contribution is -2.15. The number of phenols is 1. The van der Waals surface area contributed by atoms with E-state index in [1.165, 1.54) is 6.07 Å². The van der Waals surface area contributed by atoms with E-state index in [0.717, 1.165) is 11.1 Å². The van der Waals surface area contributed by atoms with Crippen molar-refractivity contribution in [1.82, 2.24) is 0 Å². The Morgan fingerprint density at radius 1 is 1.00 bits per heavy atom. The topological polar surface area (TPSA) is 68.9 Å². The van der Waals surface area contributed by atoms with E-state index < -0.39 is 0 Å². The fourth-order valence-electron chi connectivity index (χ4n) is 3.34. The number of aryl methyl sites for hydroxylation is 2. The Balaban J connectivity index is 1.98. The van der Waals surface area contributed by atoms with Gasteiger partial charge in [-0.2, -0.15) is 0 Å². The predicted octanol–water partition coefficient (Wildman–Crippen LogP) is 4.06. The number of hydrogen-bond acceptors (Lipinski definition) is 5. The molecule has 2 heterocycles. The van der Waals surface area contributed by atoms with E-state index in [9.17, 15) is 9.90 Å². The Kier molecular flexibility index (Phi) is 4.07. The van der Waals surface area contributed by atoms with Crippen LogP contribution in [0.15, 0.2) is 39.5 Å². The molecule has 0 atom stereocenters. The highest BCUT2D eigenvalue weighted by Crippen LogP contribution is 2.36. The molecule has 1 aromatic heterocycles. The normalized spacial score (nSPS) is 13.2. The van der Waals surface area contributed by atoms with E-state index in [0.29, 0.717) is 59.8 Å². The van der Waals surface area contributed by atoms with E-state index in [1.54, 1.807) is 6.07 Å². The van der Waals surface area contributed by atoms with E-state index in [-0.39, 0.29) is 11.2 Å². The van der Waals surface area contributed by atoms with Crippen molar-refractivity contribution in [3.63, 3.8) is 0 Å². The third kappa shape index (κ3) is 2.60. The summed E-state index contributed by atoms with van der Waals surface area (Å²) >= 11 is 0. The molecule has 26 heavy (non-hydrogen) atoms. The zero-order valence-electron chi connectivity index (χ0n) is 14.8. The van der Waals surface area contributed by atoms with Crippen LogP contribution in [-0.4, -0.2) is 18.3 Å². The minimum atomic E-state index is -0.102. The first kappa shape index (κ1) is 16.5. The second kappa shape index (κ2) is 6.41. The Labute approximate surface area is 150 Å². The van der Waals surface area contributed by atoms with E-state index >= 15 is 0 Å². The third-order valence-electron chi connectivity index (χ3n) is 4.70. The highest BCUT2D eigenvalue weighted by molar-refractivity contribution is 5.85. The molecule has 3 aromatic rings. The van der Waals surface area contributed by atoms with Crippen molar-refractivity contribution in [2.45, 2.75) is 26.7 Å². The van der Waals surface area contributed by atoms with Gasteiger partial charge in [0.15, 0.2) is 11.5 Å². The quantitative estimate of drug-likeness (QED) is 0.770. The highest BCUT2D eigenvalue weighted by Gasteiger charge is 2.19. The molecular weight excluding hydrogens is 332 g/mol. The molecule has 2 aromatic carbocycles. The molecule has 1 aliphatic heterocycles. The van der Waals surface area contributed by atoms with Crippen LogP contribution in [0.3, 0.4) is 0 Å². The van der Waals surface area contributed by atoms with Gasteiger partial charge in [-0.3, -0.25) is 4.79 Å². The summed E-state index contributed by atoms with van der Waals surface area (Å²) in [5.74, 6) is 2.05. The Bertz CT molecular complexity index is 1050. The van der Waals surface area contributed by atoms with Gasteiger partial charge in [-0.1, -0.05) is 19.9 Å². The van der Waals surface area contributed by atoms with Gasteiger partial charge >= 0.3 is 0 Å². The van der Waals surface area contributed by atoms with E-state index in [2.05, 4.69) is 0 Å². The lowest BCUT2D eigenvalue weighted by atomic mass is 9.99. The van der Waals surface area contributed by atoms with Crippen LogP contribution in [0.5, 0.6) is 17.2 Å². The van der Waals surface area contributed by atoms with Gasteiger partial charge < -0.3 is 19.0 Å². The van der Waals surface area contributed by atoms with Crippen LogP contribution in [0.1, 0.15) is 25.2 Å². The molecule has 1 N–H and O–H groups in total. The predicted molar refractivity (Wildman–Crippen MR) is 99.3 cm³/mol. The number of fused-ring (bicyclic) bond motifs is 2. The summed E-state index contributed by atoms with van der Waals surface area (Å²) in [6.07, 6.45) is 1.20. The van der Waals surface area contributed by atoms with Gasteiger partial charge in [0.2, 0.25) is 5.43 Å². The molecule has 1 aliphatic rings. The maximum Gasteiger partial charge on any atom is 0.200 e. The zero-order chi connectivity index (χ0) is 18.3. The Morgan fingerprint density at radius 2 is 1.77 bits per heavy atom. The van der Waals surface area contributed by atoms with Gasteiger partial charge in [0.25, 0.3) is 0 Å². The van der Waals surface area contributed by atoms with Gasteiger partial charge in [0, 0.05) is 12.5 Å². The maximum atomic E-state index is 13.2. The first-order valence-corrected chi connectivity index (χ1v) is 8.84. The lowest BCUT2D eigenvalue weighted by Gasteiger charge is -2.19. The molecule has 0 bridgehead atoms. The molecule has 134 valence electrons. The van der Waals surface area contributed by atoms with Gasteiger partial charge in [0.1, 0.15) is 30.3 Å². The molecule has 0 saturated heterocycles. The fourth-order valence-corrected chi connectivity index (χ4v) is 3.34. The van der Waals surface area contributed by atoms with Gasteiger partial charge in [-0.05, 0) is 35.7 Å². The summed E-state index contributed by atoms with van der Waals surface area (Å²) in [4.78, 5) is 13.2. The van der Waals surface area contributed by atoms with Gasteiger partial charge in [-0.25, -0.2) is 0 Å². The number of aromatic hydroxyl groups is 1. The number of ether oxygens (including phenoxy) is 2. The van der Waals surface area contributed by atoms with Crippen molar-refractivity contribution in [3.05, 3.63) is 51.9 Å². The highest BCUT2D eigenvalue weighted by atomic mass is 16.6. The molecule has 5 nitrogen and oxygen atoms in total. The number of benzene rings is 2. The van der Waals surface area contributed by atoms with Gasteiger partial charge in [-0.15, -0.1) is 0 Å². The first-order valence-electron chi connectivity index (χ1n) is 8.84. The van der Waals surface area contributed by atoms with Crippen LogP contribution in [0.4, 0.5) is 0 Å². The molecule has 0 amide bonds. The fraction of sp³-hybridized carbons (Fsp3) is 0.286. The Morgan fingerprint density at radius 3 is 2.50 bits per heavy atom. The van der Waals surface area contributed by atoms with Crippen LogP contribution < -0.4 is 14.9 Å². The molecule has 0 fully saturated rings. The van der Waals surface area contributed by atoms with Crippen molar-refractivity contribution in [1.29, 1.82) is 0 Å².